The van der Waals surface area contributed by atoms with Crippen LogP contribution in [-0.2, 0) is 9.47 Å². The number of rotatable bonds is 6. The largest absolute Gasteiger partial charge is 0.383 e. The van der Waals surface area contributed by atoms with Crippen LogP contribution in [0.4, 0.5) is 11.4 Å². The molecular weight excluding hydrogens is 240 g/mol. The number of nitrogens with one attached hydrogen (secondary N) is 1. The Kier molecular flexibility index (Phi) is 5.48. The second-order valence-electron chi connectivity index (χ2n) is 4.82. The summed E-state index contributed by atoms with van der Waals surface area (Å²) in [6.45, 7) is 6.44. The number of para-hydroxylation sites is 2. The van der Waals surface area contributed by atoms with Gasteiger partial charge in [-0.15, -0.1) is 0 Å². The van der Waals surface area contributed by atoms with Crippen LogP contribution in [0.25, 0.3) is 0 Å². The van der Waals surface area contributed by atoms with E-state index in [0.29, 0.717) is 6.04 Å². The first kappa shape index (κ1) is 14.2. The lowest BCUT2D eigenvalue weighted by Crippen LogP contribution is -2.37. The Balaban J connectivity index is 2.10. The quantitative estimate of drug-likeness (QED) is 0.855. The molecule has 19 heavy (non-hydrogen) atoms. The number of nitrogens with zero attached hydrogens (tertiary/aromatic N) is 1. The molecule has 1 aromatic carbocycles. The Morgan fingerprint density at radius 3 is 2.74 bits per heavy atom. The molecular formula is C15H24N2O2. The number of ether oxygens (including phenoxy) is 2. The highest BCUT2D eigenvalue weighted by Crippen LogP contribution is 2.27. The van der Waals surface area contributed by atoms with Crippen molar-refractivity contribution in [2.24, 2.45) is 0 Å². The number of hydrogen-bond acceptors (Lipinski definition) is 4. The second kappa shape index (κ2) is 7.36. The van der Waals surface area contributed by atoms with Crippen LogP contribution in [0.15, 0.2) is 24.3 Å². The average molecular weight is 264 g/mol. The molecule has 0 bridgehead atoms. The third kappa shape index (κ3) is 3.85. The van der Waals surface area contributed by atoms with E-state index in [1.54, 1.807) is 7.11 Å². The summed E-state index contributed by atoms with van der Waals surface area (Å²) >= 11 is 0. The van der Waals surface area contributed by atoms with Gasteiger partial charge in [-0.3, -0.25) is 0 Å². The highest BCUT2D eigenvalue weighted by Gasteiger charge is 2.15. The van der Waals surface area contributed by atoms with Crippen LogP contribution >= 0.6 is 0 Å². The van der Waals surface area contributed by atoms with E-state index in [4.69, 9.17) is 9.47 Å². The van der Waals surface area contributed by atoms with Crippen LogP contribution in [-0.4, -0.2) is 46.1 Å². The van der Waals surface area contributed by atoms with Gasteiger partial charge in [0.2, 0.25) is 0 Å². The van der Waals surface area contributed by atoms with Crippen molar-refractivity contribution in [3.05, 3.63) is 24.3 Å². The molecule has 1 unspecified atom stereocenters. The standard InChI is InChI=1S/C15H24N2O2/c1-3-13(12-18-2)16-14-6-4-5-7-15(14)17-8-10-19-11-9-17/h4-7,13,16H,3,8-12H2,1-2H3. The van der Waals surface area contributed by atoms with E-state index in [9.17, 15) is 0 Å². The van der Waals surface area contributed by atoms with Gasteiger partial charge >= 0.3 is 0 Å². The number of hydrogen-bond donors (Lipinski definition) is 1. The molecule has 0 spiro atoms. The molecule has 1 aromatic rings. The van der Waals surface area contributed by atoms with E-state index in [-0.39, 0.29) is 0 Å². The van der Waals surface area contributed by atoms with Gasteiger partial charge in [-0.1, -0.05) is 19.1 Å². The van der Waals surface area contributed by atoms with Crippen molar-refractivity contribution in [1.82, 2.24) is 0 Å². The minimum absolute atomic E-state index is 0.354. The first-order chi connectivity index (χ1) is 9.35. The fraction of sp³-hybridized carbons (Fsp3) is 0.600. The van der Waals surface area contributed by atoms with Crippen molar-refractivity contribution >= 4 is 11.4 Å². The highest BCUT2D eigenvalue weighted by atomic mass is 16.5. The van der Waals surface area contributed by atoms with Crippen molar-refractivity contribution in [3.63, 3.8) is 0 Å². The van der Waals surface area contributed by atoms with Crippen molar-refractivity contribution < 1.29 is 9.47 Å². The minimum Gasteiger partial charge on any atom is -0.383 e. The summed E-state index contributed by atoms with van der Waals surface area (Å²) < 4.78 is 10.7. The summed E-state index contributed by atoms with van der Waals surface area (Å²) in [5.74, 6) is 0. The zero-order chi connectivity index (χ0) is 13.5. The first-order valence-electron chi connectivity index (χ1n) is 7.02. The summed E-state index contributed by atoms with van der Waals surface area (Å²) in [5.41, 5.74) is 2.45. The fourth-order valence-electron chi connectivity index (χ4n) is 2.36. The maximum absolute atomic E-state index is 5.42. The maximum atomic E-state index is 5.42. The molecule has 1 aliphatic heterocycles. The molecule has 4 nitrogen and oxygen atoms in total. The summed E-state index contributed by atoms with van der Waals surface area (Å²) in [6.07, 6.45) is 1.05. The average Bonchev–Trinajstić information content (AvgIpc) is 2.48. The topological polar surface area (TPSA) is 33.7 Å². The van der Waals surface area contributed by atoms with E-state index >= 15 is 0 Å². The van der Waals surface area contributed by atoms with Gasteiger partial charge in [-0.05, 0) is 18.6 Å². The smallest absolute Gasteiger partial charge is 0.0663 e. The summed E-state index contributed by atoms with van der Waals surface area (Å²) in [4.78, 5) is 2.38. The van der Waals surface area contributed by atoms with Gasteiger partial charge in [0.05, 0.1) is 31.2 Å². The molecule has 1 N–H and O–H groups in total. The lowest BCUT2D eigenvalue weighted by molar-refractivity contribution is 0.122. The van der Waals surface area contributed by atoms with Gasteiger partial charge in [0.1, 0.15) is 0 Å². The van der Waals surface area contributed by atoms with E-state index in [1.807, 2.05) is 0 Å². The normalized spacial score (nSPS) is 17.3. The summed E-state index contributed by atoms with van der Waals surface area (Å²) in [7, 11) is 1.75. The molecule has 1 heterocycles. The monoisotopic (exact) mass is 264 g/mol. The van der Waals surface area contributed by atoms with Gasteiger partial charge in [-0.25, -0.2) is 0 Å². The lowest BCUT2D eigenvalue weighted by Gasteiger charge is -2.31. The van der Waals surface area contributed by atoms with Gasteiger partial charge in [0, 0.05) is 26.2 Å². The molecule has 106 valence electrons. The molecule has 0 aromatic heterocycles. The number of methoxy groups -OCH3 is 1. The van der Waals surface area contributed by atoms with E-state index < -0.39 is 0 Å². The van der Waals surface area contributed by atoms with E-state index in [0.717, 1.165) is 39.3 Å². The molecule has 4 heteroatoms. The van der Waals surface area contributed by atoms with Crippen molar-refractivity contribution in [3.8, 4) is 0 Å². The molecule has 1 atom stereocenters. The molecule has 0 amide bonds. The molecule has 0 aliphatic carbocycles. The summed E-state index contributed by atoms with van der Waals surface area (Å²) in [5, 5.41) is 3.59. The van der Waals surface area contributed by atoms with Gasteiger partial charge < -0.3 is 19.7 Å². The van der Waals surface area contributed by atoms with Crippen LogP contribution < -0.4 is 10.2 Å². The van der Waals surface area contributed by atoms with Gasteiger partial charge in [-0.2, -0.15) is 0 Å². The molecule has 0 saturated carbocycles. The molecule has 0 radical (unpaired) electrons. The predicted octanol–water partition coefficient (Wildman–Crippen LogP) is 2.36. The second-order valence-corrected chi connectivity index (χ2v) is 4.82. The molecule has 1 saturated heterocycles. The first-order valence-corrected chi connectivity index (χ1v) is 7.02. The van der Waals surface area contributed by atoms with Crippen molar-refractivity contribution in [1.29, 1.82) is 0 Å². The van der Waals surface area contributed by atoms with E-state index in [2.05, 4.69) is 41.4 Å². The van der Waals surface area contributed by atoms with Crippen LogP contribution in [0.2, 0.25) is 0 Å². The van der Waals surface area contributed by atoms with E-state index in [1.165, 1.54) is 11.4 Å². The lowest BCUT2D eigenvalue weighted by atomic mass is 10.2. The van der Waals surface area contributed by atoms with Crippen LogP contribution in [0.1, 0.15) is 13.3 Å². The SMILES string of the molecule is CCC(COC)Nc1ccccc1N1CCOCC1. The van der Waals surface area contributed by atoms with Crippen LogP contribution in [0, 0.1) is 0 Å². The Labute approximate surface area is 115 Å². The highest BCUT2D eigenvalue weighted by molar-refractivity contribution is 5.70. The van der Waals surface area contributed by atoms with Crippen LogP contribution in [0.5, 0.6) is 0 Å². The van der Waals surface area contributed by atoms with Crippen molar-refractivity contribution in [2.45, 2.75) is 19.4 Å². The number of anilines is 2. The third-order valence-corrected chi connectivity index (χ3v) is 3.48. The zero-order valence-corrected chi connectivity index (χ0v) is 11.9. The third-order valence-electron chi connectivity index (χ3n) is 3.48. The predicted molar refractivity (Wildman–Crippen MR) is 79.1 cm³/mol. The Hall–Kier alpha value is -1.26. The maximum Gasteiger partial charge on any atom is 0.0663 e. The summed E-state index contributed by atoms with van der Waals surface area (Å²) in [6, 6.07) is 8.84. The zero-order valence-electron chi connectivity index (χ0n) is 11.9. The van der Waals surface area contributed by atoms with Gasteiger partial charge in [0.25, 0.3) is 0 Å². The number of morpholine rings is 1. The van der Waals surface area contributed by atoms with Crippen LogP contribution in [0.3, 0.4) is 0 Å². The molecule has 2 rings (SSSR count). The Morgan fingerprint density at radius 1 is 1.32 bits per heavy atom. The molecule has 1 aliphatic rings. The van der Waals surface area contributed by atoms with Crippen molar-refractivity contribution in [2.75, 3.05) is 50.2 Å². The van der Waals surface area contributed by atoms with Gasteiger partial charge in [0.15, 0.2) is 0 Å². The Bertz CT molecular complexity index is 378. The fourth-order valence-corrected chi connectivity index (χ4v) is 2.36. The number of benzene rings is 1. The minimum atomic E-state index is 0.354. The molecule has 1 fully saturated rings. The Morgan fingerprint density at radius 2 is 2.05 bits per heavy atom.